The maximum Gasteiger partial charge on any atom is 0.0342 e. The van der Waals surface area contributed by atoms with Gasteiger partial charge < -0.3 is 5.41 Å². The molecule has 0 aromatic rings. The van der Waals surface area contributed by atoms with Crippen molar-refractivity contribution in [3.63, 3.8) is 0 Å². The Kier molecular flexibility index (Phi) is 4.57. The molecule has 0 atom stereocenters. The molecule has 1 heteroatoms. The summed E-state index contributed by atoms with van der Waals surface area (Å²) in [5, 5.41) is 7.65. The van der Waals surface area contributed by atoms with E-state index in [1.807, 2.05) is 26.0 Å². The molecule has 0 saturated carbocycles. The van der Waals surface area contributed by atoms with Gasteiger partial charge in [-0.05, 0) is 23.5 Å². The van der Waals surface area contributed by atoms with E-state index in [9.17, 15) is 0 Å². The van der Waals surface area contributed by atoms with Crippen LogP contribution in [0, 0.1) is 17.2 Å². The molecule has 0 spiro atoms. The van der Waals surface area contributed by atoms with Crippen LogP contribution < -0.4 is 0 Å². The largest absolute Gasteiger partial charge is 0.305 e. The first-order valence-electron chi connectivity index (χ1n) is 4.41. The number of nitrogens with one attached hydrogen (secondary N) is 1. The Labute approximate surface area is 75.7 Å². The second kappa shape index (κ2) is 4.91. The summed E-state index contributed by atoms with van der Waals surface area (Å²) in [6, 6.07) is 0. The maximum absolute atomic E-state index is 7.65. The highest BCUT2D eigenvalue weighted by atomic mass is 14.4. The number of hydrogen-bond donors (Lipinski definition) is 1. The smallest absolute Gasteiger partial charge is 0.0342 e. The van der Waals surface area contributed by atoms with E-state index in [-0.39, 0.29) is 0 Å². The van der Waals surface area contributed by atoms with Crippen LogP contribution in [0.1, 0.15) is 27.7 Å². The summed E-state index contributed by atoms with van der Waals surface area (Å²) in [5.74, 6) is 0.764. The summed E-state index contributed by atoms with van der Waals surface area (Å²) in [6.45, 7) is 12.0. The van der Waals surface area contributed by atoms with Gasteiger partial charge in [0, 0.05) is 5.71 Å². The van der Waals surface area contributed by atoms with Gasteiger partial charge in [0.1, 0.15) is 0 Å². The SMILES string of the molecule is C=C/C(=C\C(=N)C(C)C)C(C)C. The highest BCUT2D eigenvalue weighted by molar-refractivity contribution is 5.94. The Hall–Kier alpha value is -0.850. The normalized spacial score (nSPS) is 12.3. The molecule has 0 amide bonds. The molecule has 0 fully saturated rings. The highest BCUT2D eigenvalue weighted by Crippen LogP contribution is 2.11. The van der Waals surface area contributed by atoms with E-state index in [0.29, 0.717) is 17.5 Å². The van der Waals surface area contributed by atoms with Gasteiger partial charge in [0.15, 0.2) is 0 Å². The van der Waals surface area contributed by atoms with Gasteiger partial charge in [0.2, 0.25) is 0 Å². The van der Waals surface area contributed by atoms with Crippen molar-refractivity contribution in [1.82, 2.24) is 0 Å². The Morgan fingerprint density at radius 1 is 1.17 bits per heavy atom. The molecular formula is C11H19N. The zero-order chi connectivity index (χ0) is 9.72. The third-order valence-electron chi connectivity index (χ3n) is 1.85. The molecule has 0 heterocycles. The number of rotatable bonds is 4. The summed E-state index contributed by atoms with van der Waals surface area (Å²) >= 11 is 0. The lowest BCUT2D eigenvalue weighted by molar-refractivity contribution is 0.790. The lowest BCUT2D eigenvalue weighted by atomic mass is 9.98. The van der Waals surface area contributed by atoms with Crippen molar-refractivity contribution in [2.45, 2.75) is 27.7 Å². The van der Waals surface area contributed by atoms with E-state index >= 15 is 0 Å². The molecule has 0 aromatic carbocycles. The minimum atomic E-state index is 0.304. The fourth-order valence-corrected chi connectivity index (χ4v) is 0.808. The third kappa shape index (κ3) is 3.51. The Bertz CT molecular complexity index is 197. The standard InChI is InChI=1S/C11H19N/c1-6-10(8(2)3)7-11(12)9(4)5/h6-9,12H,1H2,2-5H3/b10-7+,12-11?. The van der Waals surface area contributed by atoms with Crippen molar-refractivity contribution in [2.75, 3.05) is 0 Å². The lowest BCUT2D eigenvalue weighted by Gasteiger charge is -2.08. The second-order valence-corrected chi connectivity index (χ2v) is 3.61. The molecule has 0 aromatic heterocycles. The second-order valence-electron chi connectivity index (χ2n) is 3.61. The van der Waals surface area contributed by atoms with Crippen LogP contribution in [0.3, 0.4) is 0 Å². The van der Waals surface area contributed by atoms with Crippen LogP contribution in [-0.2, 0) is 0 Å². The van der Waals surface area contributed by atoms with Crippen molar-refractivity contribution in [1.29, 1.82) is 5.41 Å². The van der Waals surface area contributed by atoms with Crippen LogP contribution in [0.5, 0.6) is 0 Å². The third-order valence-corrected chi connectivity index (χ3v) is 1.85. The van der Waals surface area contributed by atoms with Crippen LogP contribution in [-0.4, -0.2) is 5.71 Å². The van der Waals surface area contributed by atoms with Crippen LogP contribution in [0.4, 0.5) is 0 Å². The summed E-state index contributed by atoms with van der Waals surface area (Å²) in [6.07, 6.45) is 3.75. The van der Waals surface area contributed by atoms with Crippen molar-refractivity contribution in [3.8, 4) is 0 Å². The van der Waals surface area contributed by atoms with Crippen LogP contribution >= 0.6 is 0 Å². The minimum Gasteiger partial charge on any atom is -0.305 e. The topological polar surface area (TPSA) is 23.9 Å². The first kappa shape index (κ1) is 11.2. The van der Waals surface area contributed by atoms with Gasteiger partial charge in [-0.3, -0.25) is 0 Å². The molecule has 0 unspecified atom stereocenters. The van der Waals surface area contributed by atoms with Crippen molar-refractivity contribution in [2.24, 2.45) is 11.8 Å². The van der Waals surface area contributed by atoms with E-state index in [0.717, 1.165) is 5.57 Å². The zero-order valence-corrected chi connectivity index (χ0v) is 8.52. The van der Waals surface area contributed by atoms with E-state index < -0.39 is 0 Å². The molecule has 0 aliphatic heterocycles. The highest BCUT2D eigenvalue weighted by Gasteiger charge is 2.02. The summed E-state index contributed by atoms with van der Waals surface area (Å²) in [4.78, 5) is 0. The van der Waals surface area contributed by atoms with Crippen molar-refractivity contribution >= 4 is 5.71 Å². The van der Waals surface area contributed by atoms with E-state index in [1.54, 1.807) is 0 Å². The molecule has 68 valence electrons. The predicted octanol–water partition coefficient (Wildman–Crippen LogP) is 3.43. The molecule has 0 radical (unpaired) electrons. The minimum absolute atomic E-state index is 0.304. The summed E-state index contributed by atoms with van der Waals surface area (Å²) < 4.78 is 0. The Morgan fingerprint density at radius 3 is 1.92 bits per heavy atom. The van der Waals surface area contributed by atoms with E-state index in [4.69, 9.17) is 5.41 Å². The fraction of sp³-hybridized carbons (Fsp3) is 0.545. The van der Waals surface area contributed by atoms with Gasteiger partial charge >= 0.3 is 0 Å². The van der Waals surface area contributed by atoms with Gasteiger partial charge in [-0.25, -0.2) is 0 Å². The van der Waals surface area contributed by atoms with Crippen molar-refractivity contribution < 1.29 is 0 Å². The first-order valence-corrected chi connectivity index (χ1v) is 4.41. The summed E-state index contributed by atoms with van der Waals surface area (Å²) in [5.41, 5.74) is 1.83. The monoisotopic (exact) mass is 165 g/mol. The molecule has 0 aliphatic carbocycles. The number of allylic oxidation sites excluding steroid dienone is 3. The Balaban J connectivity index is 4.49. The van der Waals surface area contributed by atoms with E-state index in [1.165, 1.54) is 0 Å². The van der Waals surface area contributed by atoms with Gasteiger partial charge in [-0.2, -0.15) is 0 Å². The van der Waals surface area contributed by atoms with Gasteiger partial charge in [-0.15, -0.1) is 0 Å². The molecule has 0 rings (SSSR count). The zero-order valence-electron chi connectivity index (χ0n) is 8.52. The van der Waals surface area contributed by atoms with E-state index in [2.05, 4.69) is 20.4 Å². The molecular weight excluding hydrogens is 146 g/mol. The predicted molar refractivity (Wildman–Crippen MR) is 55.7 cm³/mol. The van der Waals surface area contributed by atoms with Gasteiger partial charge in [0.25, 0.3) is 0 Å². The van der Waals surface area contributed by atoms with Crippen LogP contribution in [0.2, 0.25) is 0 Å². The summed E-state index contributed by atoms with van der Waals surface area (Å²) in [7, 11) is 0. The molecule has 12 heavy (non-hydrogen) atoms. The lowest BCUT2D eigenvalue weighted by Crippen LogP contribution is -2.04. The van der Waals surface area contributed by atoms with Crippen molar-refractivity contribution in [3.05, 3.63) is 24.3 Å². The maximum atomic E-state index is 7.65. The molecule has 0 saturated heterocycles. The average molecular weight is 165 g/mol. The average Bonchev–Trinajstić information content (AvgIpc) is 1.98. The Morgan fingerprint density at radius 2 is 1.67 bits per heavy atom. The van der Waals surface area contributed by atoms with Gasteiger partial charge in [-0.1, -0.05) is 40.3 Å². The molecule has 1 nitrogen and oxygen atoms in total. The van der Waals surface area contributed by atoms with Crippen LogP contribution in [0.15, 0.2) is 24.3 Å². The number of hydrogen-bond acceptors (Lipinski definition) is 1. The quantitative estimate of drug-likeness (QED) is 0.487. The molecule has 1 N–H and O–H groups in total. The van der Waals surface area contributed by atoms with Crippen LogP contribution in [0.25, 0.3) is 0 Å². The van der Waals surface area contributed by atoms with Gasteiger partial charge in [0.05, 0.1) is 0 Å². The molecule has 0 bridgehead atoms. The first-order chi connectivity index (χ1) is 5.49. The molecule has 0 aliphatic rings. The fourth-order valence-electron chi connectivity index (χ4n) is 0.808.